The minimum atomic E-state index is 0.0399. The first-order valence-electron chi connectivity index (χ1n) is 14.7. The van der Waals surface area contributed by atoms with Gasteiger partial charge >= 0.3 is 5.97 Å². The molecule has 34 heavy (non-hydrogen) atoms. The van der Waals surface area contributed by atoms with Crippen LogP contribution in [0.4, 0.5) is 0 Å². The van der Waals surface area contributed by atoms with E-state index in [9.17, 15) is 9.59 Å². The second-order valence-corrected chi connectivity index (χ2v) is 12.8. The van der Waals surface area contributed by atoms with Gasteiger partial charge in [0.05, 0.1) is 0 Å². The van der Waals surface area contributed by atoms with Crippen molar-refractivity contribution in [1.82, 2.24) is 0 Å². The fourth-order valence-electron chi connectivity index (χ4n) is 8.91. The highest BCUT2D eigenvalue weighted by molar-refractivity contribution is 5.95. The van der Waals surface area contributed by atoms with Crippen LogP contribution in [0.25, 0.3) is 0 Å². The SMILES string of the molecule is CCCCCCCCCC(=O)OC1CCC2(C)C(CCC3C4CC=C(C(C)=O)C4(C)CCC32)C1. The summed E-state index contributed by atoms with van der Waals surface area (Å²) in [6.07, 6.45) is 21.1. The van der Waals surface area contributed by atoms with Crippen LogP contribution in [-0.4, -0.2) is 17.9 Å². The van der Waals surface area contributed by atoms with Crippen molar-refractivity contribution in [2.45, 2.75) is 137 Å². The van der Waals surface area contributed by atoms with E-state index in [1.165, 1.54) is 64.2 Å². The van der Waals surface area contributed by atoms with Crippen molar-refractivity contribution in [3.8, 4) is 0 Å². The van der Waals surface area contributed by atoms with E-state index < -0.39 is 0 Å². The lowest BCUT2D eigenvalue weighted by atomic mass is 9.44. The van der Waals surface area contributed by atoms with Crippen LogP contribution in [-0.2, 0) is 14.3 Å². The van der Waals surface area contributed by atoms with Gasteiger partial charge in [-0.15, -0.1) is 0 Å². The molecular weight excluding hydrogens is 420 g/mol. The highest BCUT2D eigenvalue weighted by Gasteiger charge is 2.59. The normalized spacial score (nSPS) is 38.9. The summed E-state index contributed by atoms with van der Waals surface area (Å²) in [6.45, 7) is 8.95. The molecule has 0 saturated heterocycles. The summed E-state index contributed by atoms with van der Waals surface area (Å²) in [5, 5.41) is 0. The van der Waals surface area contributed by atoms with Crippen molar-refractivity contribution < 1.29 is 14.3 Å². The molecule has 7 atom stereocenters. The molecule has 4 aliphatic carbocycles. The minimum Gasteiger partial charge on any atom is -0.462 e. The first-order chi connectivity index (χ1) is 16.3. The third-order valence-corrected chi connectivity index (χ3v) is 10.9. The van der Waals surface area contributed by atoms with Crippen molar-refractivity contribution in [2.75, 3.05) is 0 Å². The molecule has 0 heterocycles. The number of hydrogen-bond acceptors (Lipinski definition) is 3. The standard InChI is InChI=1S/C31H50O3/c1-5-6-7-8-9-10-11-12-29(33)34-24-17-19-30(3)23(21-24)13-14-25-27-16-15-26(22(2)32)31(27,4)20-18-28(25)30/h15,23-25,27-28H,5-14,16-21H2,1-4H3. The lowest BCUT2D eigenvalue weighted by Crippen LogP contribution is -2.54. The molecule has 0 spiro atoms. The van der Waals surface area contributed by atoms with Crippen molar-refractivity contribution in [1.29, 1.82) is 0 Å². The molecule has 3 fully saturated rings. The summed E-state index contributed by atoms with van der Waals surface area (Å²) in [4.78, 5) is 24.8. The van der Waals surface area contributed by atoms with Crippen LogP contribution in [0, 0.1) is 34.5 Å². The van der Waals surface area contributed by atoms with E-state index in [0.29, 0.717) is 29.5 Å². The summed E-state index contributed by atoms with van der Waals surface area (Å²) >= 11 is 0. The van der Waals surface area contributed by atoms with Crippen molar-refractivity contribution in [3.63, 3.8) is 0 Å². The van der Waals surface area contributed by atoms with Crippen molar-refractivity contribution >= 4 is 11.8 Å². The predicted octanol–water partition coefficient (Wildman–Crippen LogP) is 8.21. The number of ether oxygens (including phenoxy) is 1. The average molecular weight is 471 g/mol. The van der Waals surface area contributed by atoms with Gasteiger partial charge in [0, 0.05) is 6.42 Å². The molecule has 0 amide bonds. The molecular formula is C31H50O3. The van der Waals surface area contributed by atoms with Gasteiger partial charge in [0.1, 0.15) is 6.10 Å². The summed E-state index contributed by atoms with van der Waals surface area (Å²) in [5.41, 5.74) is 1.61. The predicted molar refractivity (Wildman–Crippen MR) is 138 cm³/mol. The number of fused-ring (bicyclic) bond motifs is 5. The highest BCUT2D eigenvalue weighted by Crippen LogP contribution is 2.66. The molecule has 3 nitrogen and oxygen atoms in total. The molecule has 4 rings (SSSR count). The Morgan fingerprint density at radius 2 is 1.68 bits per heavy atom. The first-order valence-corrected chi connectivity index (χ1v) is 14.7. The van der Waals surface area contributed by atoms with E-state index in [4.69, 9.17) is 4.74 Å². The summed E-state index contributed by atoms with van der Waals surface area (Å²) < 4.78 is 6.01. The van der Waals surface area contributed by atoms with Gasteiger partial charge in [-0.2, -0.15) is 0 Å². The van der Waals surface area contributed by atoms with Gasteiger partial charge < -0.3 is 4.74 Å². The molecule has 0 aliphatic heterocycles. The van der Waals surface area contributed by atoms with Gasteiger partial charge in [-0.25, -0.2) is 0 Å². The van der Waals surface area contributed by atoms with Gasteiger partial charge in [0.15, 0.2) is 5.78 Å². The monoisotopic (exact) mass is 470 g/mol. The summed E-state index contributed by atoms with van der Waals surface area (Å²) in [7, 11) is 0. The van der Waals surface area contributed by atoms with E-state index in [-0.39, 0.29) is 17.5 Å². The fraction of sp³-hybridized carbons (Fsp3) is 0.871. The zero-order valence-corrected chi connectivity index (χ0v) is 22.5. The molecule has 0 N–H and O–H groups in total. The maximum absolute atomic E-state index is 12.5. The molecule has 0 aromatic rings. The molecule has 0 aromatic carbocycles. The number of unbranched alkanes of at least 4 members (excludes halogenated alkanes) is 6. The zero-order valence-electron chi connectivity index (χ0n) is 22.5. The molecule has 0 bridgehead atoms. The maximum atomic E-state index is 12.5. The van der Waals surface area contributed by atoms with Gasteiger partial charge in [-0.3, -0.25) is 9.59 Å². The number of carbonyl (C=O) groups is 2. The van der Waals surface area contributed by atoms with Crippen LogP contribution in [0.1, 0.15) is 130 Å². The van der Waals surface area contributed by atoms with Crippen LogP contribution in [0.2, 0.25) is 0 Å². The average Bonchev–Trinajstić information content (AvgIpc) is 3.16. The molecule has 3 saturated carbocycles. The van der Waals surface area contributed by atoms with E-state index in [1.54, 1.807) is 6.92 Å². The maximum Gasteiger partial charge on any atom is 0.306 e. The van der Waals surface area contributed by atoms with Gasteiger partial charge in [-0.05, 0) is 105 Å². The number of hydrogen-bond donors (Lipinski definition) is 0. The second kappa shape index (κ2) is 10.9. The smallest absolute Gasteiger partial charge is 0.306 e. The van der Waals surface area contributed by atoms with E-state index in [0.717, 1.165) is 49.5 Å². The topological polar surface area (TPSA) is 43.4 Å². The van der Waals surface area contributed by atoms with Crippen molar-refractivity contribution in [3.05, 3.63) is 11.6 Å². The second-order valence-electron chi connectivity index (χ2n) is 12.8. The van der Waals surface area contributed by atoms with Crippen LogP contribution in [0.3, 0.4) is 0 Å². The van der Waals surface area contributed by atoms with Crippen LogP contribution in [0.5, 0.6) is 0 Å². The molecule has 7 unspecified atom stereocenters. The number of carbonyl (C=O) groups excluding carboxylic acids is 2. The highest BCUT2D eigenvalue weighted by atomic mass is 16.5. The largest absolute Gasteiger partial charge is 0.462 e. The number of Topliss-reactive ketones (excluding diaryl/α,β-unsaturated/α-hetero) is 1. The number of esters is 1. The van der Waals surface area contributed by atoms with Gasteiger partial charge in [-0.1, -0.05) is 65.4 Å². The van der Waals surface area contributed by atoms with Crippen LogP contribution >= 0.6 is 0 Å². The first kappa shape index (κ1) is 26.0. The number of ketones is 1. The third-order valence-electron chi connectivity index (χ3n) is 10.9. The van der Waals surface area contributed by atoms with E-state index in [2.05, 4.69) is 26.8 Å². The number of rotatable bonds is 10. The lowest BCUT2D eigenvalue weighted by molar-refractivity contribution is -0.161. The Kier molecular flexibility index (Phi) is 8.30. The van der Waals surface area contributed by atoms with E-state index in [1.807, 2.05) is 0 Å². The fourth-order valence-corrected chi connectivity index (χ4v) is 8.91. The Morgan fingerprint density at radius 3 is 2.41 bits per heavy atom. The summed E-state index contributed by atoms with van der Waals surface area (Å²) in [5.74, 6) is 3.20. The van der Waals surface area contributed by atoms with Gasteiger partial charge in [0.25, 0.3) is 0 Å². The quantitative estimate of drug-likeness (QED) is 0.239. The third kappa shape index (κ3) is 5.05. The Bertz CT molecular complexity index is 769. The van der Waals surface area contributed by atoms with Crippen LogP contribution < -0.4 is 0 Å². The molecule has 3 heteroatoms. The Balaban J connectivity index is 1.26. The molecule has 192 valence electrons. The molecule has 4 aliphatic rings. The Labute approximate surface area is 208 Å². The Hall–Kier alpha value is -1.12. The Morgan fingerprint density at radius 1 is 0.941 bits per heavy atom. The zero-order chi connectivity index (χ0) is 24.3. The van der Waals surface area contributed by atoms with Crippen LogP contribution in [0.15, 0.2) is 11.6 Å². The van der Waals surface area contributed by atoms with Crippen molar-refractivity contribution in [2.24, 2.45) is 34.5 Å². The summed E-state index contributed by atoms with van der Waals surface area (Å²) in [6, 6.07) is 0. The minimum absolute atomic E-state index is 0.0399. The molecule has 0 radical (unpaired) electrons. The lowest BCUT2D eigenvalue weighted by Gasteiger charge is -2.60. The van der Waals surface area contributed by atoms with E-state index >= 15 is 0 Å². The number of allylic oxidation sites excluding steroid dienone is 2. The molecule has 0 aromatic heterocycles. The van der Waals surface area contributed by atoms with Gasteiger partial charge in [0.2, 0.25) is 0 Å².